The van der Waals surface area contributed by atoms with E-state index in [1.165, 1.54) is 10.9 Å². The minimum Gasteiger partial charge on any atom is -0.368 e. The Hall–Kier alpha value is -3.09. The summed E-state index contributed by atoms with van der Waals surface area (Å²) in [7, 11) is 1.89. The maximum Gasteiger partial charge on any atom is 0.257 e. The Labute approximate surface area is 126 Å². The summed E-state index contributed by atoms with van der Waals surface area (Å²) in [4.78, 5) is 23.3. The number of fused-ring (bicyclic) bond motifs is 1. The minimum atomic E-state index is -0.491. The van der Waals surface area contributed by atoms with E-state index in [2.05, 4.69) is 10.4 Å². The summed E-state index contributed by atoms with van der Waals surface area (Å²) in [5.41, 5.74) is 7.18. The van der Waals surface area contributed by atoms with Gasteiger partial charge in [-0.25, -0.2) is 0 Å². The molecule has 0 radical (unpaired) electrons. The van der Waals surface area contributed by atoms with E-state index in [9.17, 15) is 9.59 Å². The number of rotatable bonds is 4. The van der Waals surface area contributed by atoms with Crippen molar-refractivity contribution in [3.63, 3.8) is 0 Å². The molecule has 7 heteroatoms. The van der Waals surface area contributed by atoms with Crippen molar-refractivity contribution in [2.75, 3.05) is 5.32 Å². The van der Waals surface area contributed by atoms with Crippen molar-refractivity contribution in [1.29, 1.82) is 0 Å². The quantitative estimate of drug-likeness (QED) is 0.755. The van der Waals surface area contributed by atoms with Crippen molar-refractivity contribution in [3.05, 3.63) is 48.4 Å². The largest absolute Gasteiger partial charge is 0.368 e. The maximum absolute atomic E-state index is 12.4. The van der Waals surface area contributed by atoms with Crippen molar-refractivity contribution >= 4 is 28.4 Å². The molecule has 112 valence electrons. The first-order valence-corrected chi connectivity index (χ1v) is 6.71. The smallest absolute Gasteiger partial charge is 0.257 e. The van der Waals surface area contributed by atoms with Gasteiger partial charge in [0.25, 0.3) is 5.91 Å². The van der Waals surface area contributed by atoms with Gasteiger partial charge in [-0.05, 0) is 6.07 Å². The second-order valence-corrected chi connectivity index (χ2v) is 5.02. The fourth-order valence-corrected chi connectivity index (χ4v) is 2.40. The van der Waals surface area contributed by atoms with Crippen molar-refractivity contribution in [2.24, 2.45) is 12.8 Å². The van der Waals surface area contributed by atoms with Crippen LogP contribution in [0.15, 0.2) is 42.9 Å². The molecule has 0 aliphatic carbocycles. The highest BCUT2D eigenvalue weighted by atomic mass is 16.2. The number of hydrogen-bond donors (Lipinski definition) is 2. The molecular formula is C15H15N5O2. The number of nitrogens with one attached hydrogen (secondary N) is 1. The highest BCUT2D eigenvalue weighted by Crippen LogP contribution is 2.21. The van der Waals surface area contributed by atoms with Crippen LogP contribution in [-0.4, -0.2) is 26.2 Å². The van der Waals surface area contributed by atoms with Gasteiger partial charge >= 0.3 is 0 Å². The van der Waals surface area contributed by atoms with Crippen LogP contribution < -0.4 is 11.1 Å². The number of amides is 2. The average molecular weight is 297 g/mol. The number of anilines is 1. The molecule has 0 aliphatic heterocycles. The summed E-state index contributed by atoms with van der Waals surface area (Å²) in [5, 5.41) is 7.62. The third kappa shape index (κ3) is 2.56. The van der Waals surface area contributed by atoms with Crippen LogP contribution in [0.25, 0.3) is 10.9 Å². The zero-order chi connectivity index (χ0) is 15.7. The van der Waals surface area contributed by atoms with Gasteiger partial charge in [-0.15, -0.1) is 0 Å². The van der Waals surface area contributed by atoms with Gasteiger partial charge in [-0.2, -0.15) is 5.10 Å². The highest BCUT2D eigenvalue weighted by Gasteiger charge is 2.14. The zero-order valence-electron chi connectivity index (χ0n) is 12.0. The van der Waals surface area contributed by atoms with Gasteiger partial charge in [0.15, 0.2) is 0 Å². The van der Waals surface area contributed by atoms with Crippen LogP contribution in [0.2, 0.25) is 0 Å². The minimum absolute atomic E-state index is 0.0237. The van der Waals surface area contributed by atoms with Crippen molar-refractivity contribution < 1.29 is 9.59 Å². The SMILES string of the molecule is Cn1cc(C(=O)Nc2cnn(CC(N)=O)c2)c2ccccc21. The lowest BCUT2D eigenvalue weighted by atomic mass is 10.1. The van der Waals surface area contributed by atoms with Crippen LogP contribution >= 0.6 is 0 Å². The molecule has 3 N–H and O–H groups in total. The first-order valence-electron chi connectivity index (χ1n) is 6.71. The van der Waals surface area contributed by atoms with E-state index in [-0.39, 0.29) is 12.5 Å². The van der Waals surface area contributed by atoms with E-state index in [0.29, 0.717) is 11.3 Å². The number of para-hydroxylation sites is 1. The van der Waals surface area contributed by atoms with E-state index >= 15 is 0 Å². The number of hydrogen-bond acceptors (Lipinski definition) is 3. The Kier molecular flexibility index (Phi) is 3.38. The molecular weight excluding hydrogens is 282 g/mol. The molecule has 3 rings (SSSR count). The summed E-state index contributed by atoms with van der Waals surface area (Å²) < 4.78 is 3.28. The Morgan fingerprint density at radius 2 is 2.05 bits per heavy atom. The van der Waals surface area contributed by atoms with Crippen molar-refractivity contribution in [2.45, 2.75) is 6.54 Å². The summed E-state index contributed by atoms with van der Waals surface area (Å²) in [6.45, 7) is -0.0237. The van der Waals surface area contributed by atoms with Gasteiger partial charge < -0.3 is 15.6 Å². The Bertz CT molecular complexity index is 862. The van der Waals surface area contributed by atoms with Crippen LogP contribution in [0.5, 0.6) is 0 Å². The topological polar surface area (TPSA) is 94.9 Å². The van der Waals surface area contributed by atoms with E-state index in [0.717, 1.165) is 10.9 Å². The molecule has 3 aromatic rings. The number of nitrogens with zero attached hydrogens (tertiary/aromatic N) is 3. The van der Waals surface area contributed by atoms with Crippen LogP contribution in [0.1, 0.15) is 10.4 Å². The van der Waals surface area contributed by atoms with Gasteiger partial charge in [0.05, 0.1) is 17.4 Å². The first kappa shape index (κ1) is 13.9. The Morgan fingerprint density at radius 1 is 1.27 bits per heavy atom. The first-order chi connectivity index (χ1) is 10.5. The predicted molar refractivity (Wildman–Crippen MR) is 82.3 cm³/mol. The maximum atomic E-state index is 12.4. The molecule has 7 nitrogen and oxygen atoms in total. The zero-order valence-corrected chi connectivity index (χ0v) is 12.0. The predicted octanol–water partition coefficient (Wildman–Crippen LogP) is 1.11. The number of benzene rings is 1. The number of primary amides is 1. The molecule has 0 saturated heterocycles. The third-order valence-electron chi connectivity index (χ3n) is 3.35. The lowest BCUT2D eigenvalue weighted by Gasteiger charge is -2.00. The molecule has 0 saturated carbocycles. The molecule has 0 aliphatic rings. The summed E-state index contributed by atoms with van der Waals surface area (Å²) in [6, 6.07) is 7.68. The monoisotopic (exact) mass is 297 g/mol. The second kappa shape index (κ2) is 5.36. The molecule has 0 spiro atoms. The van der Waals surface area contributed by atoms with Gasteiger partial charge in [0, 0.05) is 30.3 Å². The summed E-state index contributed by atoms with van der Waals surface area (Å²) in [5.74, 6) is -0.717. The van der Waals surface area contributed by atoms with Crippen molar-refractivity contribution in [3.8, 4) is 0 Å². The number of aromatic nitrogens is 3. The standard InChI is InChI=1S/C15H15N5O2/c1-19-8-12(11-4-2-3-5-13(11)19)15(22)18-10-6-17-20(7-10)9-14(16)21/h2-8H,9H2,1H3,(H2,16,21)(H,18,22). The van der Waals surface area contributed by atoms with E-state index < -0.39 is 5.91 Å². The molecule has 0 fully saturated rings. The van der Waals surface area contributed by atoms with Crippen molar-refractivity contribution in [1.82, 2.24) is 14.3 Å². The summed E-state index contributed by atoms with van der Waals surface area (Å²) in [6.07, 6.45) is 4.83. The molecule has 2 heterocycles. The fourth-order valence-electron chi connectivity index (χ4n) is 2.40. The van der Waals surface area contributed by atoms with Crippen LogP contribution in [-0.2, 0) is 18.4 Å². The average Bonchev–Trinajstić information content (AvgIpc) is 3.04. The fraction of sp³-hybridized carbons (Fsp3) is 0.133. The molecule has 0 atom stereocenters. The van der Waals surface area contributed by atoms with E-state index in [4.69, 9.17) is 5.73 Å². The molecule has 1 aromatic carbocycles. The Morgan fingerprint density at radius 3 is 2.82 bits per heavy atom. The van der Waals surface area contributed by atoms with Gasteiger partial charge in [0.2, 0.25) is 5.91 Å². The molecule has 2 aromatic heterocycles. The van der Waals surface area contributed by atoms with E-state index in [1.54, 1.807) is 12.4 Å². The number of aryl methyl sites for hydroxylation is 1. The van der Waals surface area contributed by atoms with E-state index in [1.807, 2.05) is 35.9 Å². The summed E-state index contributed by atoms with van der Waals surface area (Å²) >= 11 is 0. The molecule has 0 unspecified atom stereocenters. The molecule has 0 bridgehead atoms. The van der Waals surface area contributed by atoms with Crippen LogP contribution in [0.3, 0.4) is 0 Å². The van der Waals surface area contributed by atoms with Crippen LogP contribution in [0.4, 0.5) is 5.69 Å². The molecule has 2 amide bonds. The van der Waals surface area contributed by atoms with Gasteiger partial charge in [0.1, 0.15) is 6.54 Å². The number of carbonyl (C=O) groups is 2. The Balaban J connectivity index is 1.84. The lowest BCUT2D eigenvalue weighted by Crippen LogP contribution is -2.18. The molecule has 22 heavy (non-hydrogen) atoms. The lowest BCUT2D eigenvalue weighted by molar-refractivity contribution is -0.118. The number of nitrogens with two attached hydrogens (primary N) is 1. The van der Waals surface area contributed by atoms with Gasteiger partial charge in [-0.1, -0.05) is 18.2 Å². The second-order valence-electron chi connectivity index (χ2n) is 5.02. The normalized spacial score (nSPS) is 10.8. The van der Waals surface area contributed by atoms with Gasteiger partial charge in [-0.3, -0.25) is 14.3 Å². The van der Waals surface area contributed by atoms with Crippen LogP contribution in [0, 0.1) is 0 Å². The highest BCUT2D eigenvalue weighted by molar-refractivity contribution is 6.12. The number of carbonyl (C=O) groups excluding carboxylic acids is 2. The third-order valence-corrected chi connectivity index (χ3v) is 3.35.